The average Bonchev–Trinajstić information content (AvgIpc) is 2.61. The number of nitrogens with zero attached hydrogens (tertiary/aromatic N) is 2. The van der Waals surface area contributed by atoms with Crippen molar-refractivity contribution in [2.24, 2.45) is 0 Å². The van der Waals surface area contributed by atoms with Crippen LogP contribution in [0.25, 0.3) is 0 Å². The molecule has 1 aliphatic heterocycles. The van der Waals surface area contributed by atoms with E-state index < -0.39 is 12.1 Å². The highest BCUT2D eigenvalue weighted by atomic mass is 16.6. The molecule has 2 aromatic carbocycles. The van der Waals surface area contributed by atoms with E-state index in [2.05, 4.69) is 0 Å². The fourth-order valence-corrected chi connectivity index (χ4v) is 3.37. The fourth-order valence-electron chi connectivity index (χ4n) is 3.37. The number of carbonyl (C=O) groups is 1. The zero-order valence-corrected chi connectivity index (χ0v) is 13.4. The van der Waals surface area contributed by atoms with E-state index in [-0.39, 0.29) is 17.3 Å². The first kappa shape index (κ1) is 16.2. The normalized spacial score (nSPS) is 20.8. The molecule has 3 rings (SSSR count). The smallest absolute Gasteiger partial charge is 0.237 e. The topological polar surface area (TPSA) is 63.4 Å². The van der Waals surface area contributed by atoms with Gasteiger partial charge in [-0.1, -0.05) is 60.7 Å². The van der Waals surface area contributed by atoms with Gasteiger partial charge < -0.3 is 4.90 Å². The molecule has 0 aliphatic carbocycles. The van der Waals surface area contributed by atoms with Gasteiger partial charge in [-0.25, -0.2) is 0 Å². The van der Waals surface area contributed by atoms with Crippen LogP contribution in [0.1, 0.15) is 30.0 Å². The maximum Gasteiger partial charge on any atom is 0.237 e. The third kappa shape index (κ3) is 3.45. The van der Waals surface area contributed by atoms with Crippen LogP contribution in [-0.4, -0.2) is 28.3 Å². The third-order valence-corrected chi connectivity index (χ3v) is 4.57. The molecule has 0 bridgehead atoms. The Kier molecular flexibility index (Phi) is 4.89. The number of amides is 1. The number of rotatable bonds is 5. The molecular weight excluding hydrogens is 304 g/mol. The van der Waals surface area contributed by atoms with Crippen LogP contribution in [0.5, 0.6) is 0 Å². The molecule has 2 aromatic rings. The van der Waals surface area contributed by atoms with Crippen molar-refractivity contribution in [3.05, 3.63) is 81.9 Å². The Labute approximate surface area is 141 Å². The first-order valence-electron chi connectivity index (χ1n) is 8.18. The van der Waals surface area contributed by atoms with Crippen LogP contribution in [0, 0.1) is 10.1 Å². The molecule has 2 atom stereocenters. The minimum absolute atomic E-state index is 0.00196. The van der Waals surface area contributed by atoms with Gasteiger partial charge in [-0.2, -0.15) is 0 Å². The van der Waals surface area contributed by atoms with Crippen LogP contribution in [0.4, 0.5) is 0 Å². The molecule has 1 fully saturated rings. The standard InChI is InChI=1S/C19H20N2O3/c22-18-12-11-17(21(23)24)19(16-9-5-2-6-10-16)20(18)14-13-15-7-3-1-4-8-15/h1-10,17,19H,11-14H2/t17-,19+/m1/s1. The van der Waals surface area contributed by atoms with E-state index in [1.54, 1.807) is 4.90 Å². The summed E-state index contributed by atoms with van der Waals surface area (Å²) in [5.74, 6) is -0.00196. The molecule has 5 heteroatoms. The maximum absolute atomic E-state index is 12.5. The molecule has 0 spiro atoms. The highest BCUT2D eigenvalue weighted by molar-refractivity contribution is 5.77. The van der Waals surface area contributed by atoms with Crippen molar-refractivity contribution < 1.29 is 9.72 Å². The van der Waals surface area contributed by atoms with Crippen LogP contribution < -0.4 is 0 Å². The lowest BCUT2D eigenvalue weighted by Crippen LogP contribution is -2.48. The maximum atomic E-state index is 12.5. The second kappa shape index (κ2) is 7.25. The largest absolute Gasteiger partial charge is 0.328 e. The lowest BCUT2D eigenvalue weighted by molar-refractivity contribution is -0.533. The molecule has 1 amide bonds. The zero-order valence-electron chi connectivity index (χ0n) is 13.4. The summed E-state index contributed by atoms with van der Waals surface area (Å²) < 4.78 is 0. The van der Waals surface area contributed by atoms with Crippen LogP contribution in [-0.2, 0) is 11.2 Å². The quantitative estimate of drug-likeness (QED) is 0.626. The lowest BCUT2D eigenvalue weighted by Gasteiger charge is -2.37. The molecule has 1 aliphatic rings. The predicted molar refractivity (Wildman–Crippen MR) is 91.1 cm³/mol. The molecular formula is C19H20N2O3. The van der Waals surface area contributed by atoms with Gasteiger partial charge in [-0.3, -0.25) is 14.9 Å². The van der Waals surface area contributed by atoms with E-state index in [1.807, 2.05) is 60.7 Å². The van der Waals surface area contributed by atoms with Crippen molar-refractivity contribution in [2.75, 3.05) is 6.54 Å². The van der Waals surface area contributed by atoms with Crippen LogP contribution >= 0.6 is 0 Å². The van der Waals surface area contributed by atoms with E-state index in [1.165, 1.54) is 0 Å². The van der Waals surface area contributed by atoms with E-state index >= 15 is 0 Å². The Morgan fingerprint density at radius 3 is 2.29 bits per heavy atom. The number of carbonyl (C=O) groups excluding carboxylic acids is 1. The van der Waals surface area contributed by atoms with Crippen molar-refractivity contribution in [2.45, 2.75) is 31.3 Å². The van der Waals surface area contributed by atoms with Crippen molar-refractivity contribution in [1.82, 2.24) is 4.90 Å². The number of nitro groups is 1. The van der Waals surface area contributed by atoms with E-state index in [0.29, 0.717) is 19.4 Å². The van der Waals surface area contributed by atoms with Gasteiger partial charge in [0, 0.05) is 24.3 Å². The summed E-state index contributed by atoms with van der Waals surface area (Å²) >= 11 is 0. The minimum atomic E-state index is -0.749. The number of piperidine rings is 1. The second-order valence-corrected chi connectivity index (χ2v) is 6.07. The van der Waals surface area contributed by atoms with Crippen molar-refractivity contribution in [1.29, 1.82) is 0 Å². The number of likely N-dealkylation sites (tertiary alicyclic amines) is 1. The van der Waals surface area contributed by atoms with Gasteiger partial charge in [-0.15, -0.1) is 0 Å². The summed E-state index contributed by atoms with van der Waals surface area (Å²) in [5, 5.41) is 11.5. The number of hydrogen-bond donors (Lipinski definition) is 0. The first-order valence-corrected chi connectivity index (χ1v) is 8.18. The molecule has 0 saturated carbocycles. The van der Waals surface area contributed by atoms with Gasteiger partial charge in [0.15, 0.2) is 0 Å². The molecule has 124 valence electrons. The first-order chi connectivity index (χ1) is 11.7. The monoisotopic (exact) mass is 324 g/mol. The van der Waals surface area contributed by atoms with Gasteiger partial charge in [0.1, 0.15) is 6.04 Å². The minimum Gasteiger partial charge on any atom is -0.328 e. The summed E-state index contributed by atoms with van der Waals surface area (Å²) in [4.78, 5) is 25.5. The third-order valence-electron chi connectivity index (χ3n) is 4.57. The van der Waals surface area contributed by atoms with Gasteiger partial charge >= 0.3 is 0 Å². The zero-order chi connectivity index (χ0) is 16.9. The predicted octanol–water partition coefficient (Wildman–Crippen LogP) is 3.24. The van der Waals surface area contributed by atoms with Gasteiger partial charge in [0.25, 0.3) is 0 Å². The van der Waals surface area contributed by atoms with Crippen LogP contribution in [0.3, 0.4) is 0 Å². The van der Waals surface area contributed by atoms with Crippen LogP contribution in [0.2, 0.25) is 0 Å². The van der Waals surface area contributed by atoms with Crippen molar-refractivity contribution in [3.8, 4) is 0 Å². The number of hydrogen-bond acceptors (Lipinski definition) is 3. The fraction of sp³-hybridized carbons (Fsp3) is 0.316. The molecule has 24 heavy (non-hydrogen) atoms. The molecule has 1 saturated heterocycles. The Morgan fingerprint density at radius 2 is 1.67 bits per heavy atom. The molecule has 0 aromatic heterocycles. The Hall–Kier alpha value is -2.69. The Bertz CT molecular complexity index is 703. The molecule has 5 nitrogen and oxygen atoms in total. The van der Waals surface area contributed by atoms with Crippen molar-refractivity contribution in [3.63, 3.8) is 0 Å². The molecule has 0 radical (unpaired) electrons. The summed E-state index contributed by atoms with van der Waals surface area (Å²) in [6.07, 6.45) is 1.23. The highest BCUT2D eigenvalue weighted by Gasteiger charge is 2.43. The molecule has 0 unspecified atom stereocenters. The van der Waals surface area contributed by atoms with E-state index in [4.69, 9.17) is 0 Å². The summed E-state index contributed by atoms with van der Waals surface area (Å²) in [7, 11) is 0. The van der Waals surface area contributed by atoms with E-state index in [0.717, 1.165) is 11.1 Å². The average molecular weight is 324 g/mol. The van der Waals surface area contributed by atoms with Crippen LogP contribution in [0.15, 0.2) is 60.7 Å². The van der Waals surface area contributed by atoms with Gasteiger partial charge in [0.2, 0.25) is 11.9 Å². The Balaban J connectivity index is 1.87. The summed E-state index contributed by atoms with van der Waals surface area (Å²) in [6, 6.07) is 18.0. The number of benzene rings is 2. The lowest BCUT2D eigenvalue weighted by atomic mass is 9.90. The Morgan fingerprint density at radius 1 is 1.04 bits per heavy atom. The van der Waals surface area contributed by atoms with Crippen molar-refractivity contribution >= 4 is 5.91 Å². The summed E-state index contributed by atoms with van der Waals surface area (Å²) in [5.41, 5.74) is 1.96. The van der Waals surface area contributed by atoms with E-state index in [9.17, 15) is 14.9 Å². The highest BCUT2D eigenvalue weighted by Crippen LogP contribution is 2.33. The SMILES string of the molecule is O=C1CC[C@@H]([N+](=O)[O-])[C@H](c2ccccc2)N1CCc1ccccc1. The second-order valence-electron chi connectivity index (χ2n) is 6.07. The van der Waals surface area contributed by atoms with Gasteiger partial charge in [0.05, 0.1) is 0 Å². The molecule has 0 N–H and O–H groups in total. The molecule has 1 heterocycles. The van der Waals surface area contributed by atoms with Gasteiger partial charge in [-0.05, 0) is 17.5 Å². The summed E-state index contributed by atoms with van der Waals surface area (Å²) in [6.45, 7) is 0.493.